The molecule has 0 fully saturated rings. The molecule has 24 heavy (non-hydrogen) atoms. The van der Waals surface area contributed by atoms with Crippen LogP contribution in [0.5, 0.6) is 5.75 Å². The van der Waals surface area contributed by atoms with E-state index in [1.807, 2.05) is 26.0 Å². The number of hydrazine groups is 1. The molecular weight excluding hydrogens is 328 g/mol. The zero-order valence-electron chi connectivity index (χ0n) is 13.5. The third-order valence-electron chi connectivity index (χ3n) is 3.64. The summed E-state index contributed by atoms with van der Waals surface area (Å²) in [5, 5.41) is 9.96. The van der Waals surface area contributed by atoms with Crippen molar-refractivity contribution in [2.24, 2.45) is 0 Å². The Labute approximate surface area is 145 Å². The number of hydrogen-bond donors (Lipinski definition) is 3. The van der Waals surface area contributed by atoms with Crippen LogP contribution >= 0.6 is 11.6 Å². The fourth-order valence-corrected chi connectivity index (χ4v) is 2.49. The molecule has 0 saturated heterocycles. The van der Waals surface area contributed by atoms with Crippen molar-refractivity contribution in [1.82, 2.24) is 10.9 Å². The van der Waals surface area contributed by atoms with Crippen molar-refractivity contribution < 1.29 is 14.7 Å². The zero-order valence-corrected chi connectivity index (χ0v) is 14.3. The van der Waals surface area contributed by atoms with E-state index in [2.05, 4.69) is 16.9 Å². The lowest BCUT2D eigenvalue weighted by Gasteiger charge is -2.10. The van der Waals surface area contributed by atoms with Crippen LogP contribution in [0.1, 0.15) is 33.5 Å². The van der Waals surface area contributed by atoms with Gasteiger partial charge in [0.25, 0.3) is 5.91 Å². The maximum absolute atomic E-state index is 11.9. The van der Waals surface area contributed by atoms with Gasteiger partial charge in [0, 0.05) is 11.4 Å². The van der Waals surface area contributed by atoms with E-state index in [9.17, 15) is 14.7 Å². The van der Waals surface area contributed by atoms with Crippen LogP contribution in [0.4, 0.5) is 0 Å². The maximum atomic E-state index is 11.9. The molecule has 3 N–H and O–H groups in total. The first-order chi connectivity index (χ1) is 11.4. The first kappa shape index (κ1) is 17.8. The normalized spacial score (nSPS) is 10.3. The Morgan fingerprint density at radius 3 is 2.54 bits per heavy atom. The van der Waals surface area contributed by atoms with E-state index in [0.717, 1.165) is 11.1 Å². The fourth-order valence-electron chi connectivity index (χ4n) is 2.32. The van der Waals surface area contributed by atoms with Gasteiger partial charge in [-0.25, -0.2) is 0 Å². The summed E-state index contributed by atoms with van der Waals surface area (Å²) < 4.78 is 0. The lowest BCUT2D eigenvalue weighted by atomic mass is 10.0. The topological polar surface area (TPSA) is 78.4 Å². The second kappa shape index (κ2) is 7.84. The van der Waals surface area contributed by atoms with Gasteiger partial charge in [0.15, 0.2) is 0 Å². The monoisotopic (exact) mass is 346 g/mol. The highest BCUT2D eigenvalue weighted by atomic mass is 35.5. The number of phenols is 1. The predicted octanol–water partition coefficient (Wildman–Crippen LogP) is 3.06. The molecule has 0 aliphatic heterocycles. The van der Waals surface area contributed by atoms with Crippen molar-refractivity contribution >= 4 is 23.4 Å². The number of phenolic OH excluding ortho intramolecular Hbond substituents is 1. The molecule has 0 saturated carbocycles. The van der Waals surface area contributed by atoms with Gasteiger partial charge in [0.05, 0.1) is 5.56 Å². The number of amides is 2. The molecule has 0 spiro atoms. The van der Waals surface area contributed by atoms with Crippen LogP contribution in [0.25, 0.3) is 0 Å². The predicted molar refractivity (Wildman–Crippen MR) is 93.0 cm³/mol. The van der Waals surface area contributed by atoms with Gasteiger partial charge in [-0.3, -0.25) is 20.4 Å². The number of halogens is 1. The van der Waals surface area contributed by atoms with Gasteiger partial charge >= 0.3 is 0 Å². The van der Waals surface area contributed by atoms with Crippen LogP contribution in [0.2, 0.25) is 5.02 Å². The van der Waals surface area contributed by atoms with Gasteiger partial charge in [0.2, 0.25) is 5.91 Å². The Morgan fingerprint density at radius 2 is 1.83 bits per heavy atom. The molecule has 0 aliphatic carbocycles. The SMILES string of the molecule is Cc1ccc(CCC(=O)NNC(=O)c2cc(Cl)ccc2O)c(C)c1. The molecule has 2 aromatic carbocycles. The number of rotatable bonds is 4. The summed E-state index contributed by atoms with van der Waals surface area (Å²) >= 11 is 5.79. The molecule has 0 unspecified atom stereocenters. The molecule has 0 aliphatic rings. The summed E-state index contributed by atoms with van der Waals surface area (Å²) in [6.07, 6.45) is 0.821. The molecule has 2 amide bonds. The minimum atomic E-state index is -0.630. The maximum Gasteiger partial charge on any atom is 0.273 e. The smallest absolute Gasteiger partial charge is 0.273 e. The highest BCUT2D eigenvalue weighted by Crippen LogP contribution is 2.21. The van der Waals surface area contributed by atoms with Gasteiger partial charge in [-0.2, -0.15) is 0 Å². The molecule has 6 heteroatoms. The van der Waals surface area contributed by atoms with Crippen molar-refractivity contribution in [3.05, 3.63) is 63.7 Å². The lowest BCUT2D eigenvalue weighted by Crippen LogP contribution is -2.41. The molecule has 126 valence electrons. The summed E-state index contributed by atoms with van der Waals surface area (Å²) in [5.74, 6) is -1.15. The van der Waals surface area contributed by atoms with E-state index in [1.54, 1.807) is 0 Å². The second-order valence-corrected chi connectivity index (χ2v) is 6.03. The summed E-state index contributed by atoms with van der Waals surface area (Å²) in [5.41, 5.74) is 8.01. The van der Waals surface area contributed by atoms with Crippen molar-refractivity contribution in [1.29, 1.82) is 0 Å². The van der Waals surface area contributed by atoms with Crippen LogP contribution < -0.4 is 10.9 Å². The zero-order chi connectivity index (χ0) is 17.7. The van der Waals surface area contributed by atoms with E-state index in [4.69, 9.17) is 11.6 Å². The average Bonchev–Trinajstić information content (AvgIpc) is 2.54. The minimum absolute atomic E-state index is 0.00261. The second-order valence-electron chi connectivity index (χ2n) is 5.59. The molecule has 0 bridgehead atoms. The number of hydrogen-bond acceptors (Lipinski definition) is 3. The van der Waals surface area contributed by atoms with Crippen molar-refractivity contribution in [3.8, 4) is 5.75 Å². The fraction of sp³-hybridized carbons (Fsp3) is 0.222. The van der Waals surface area contributed by atoms with E-state index in [1.165, 1.54) is 23.8 Å². The van der Waals surface area contributed by atoms with Crippen molar-refractivity contribution in [3.63, 3.8) is 0 Å². The Balaban J connectivity index is 1.86. The van der Waals surface area contributed by atoms with Crippen molar-refractivity contribution in [2.75, 3.05) is 0 Å². The highest BCUT2D eigenvalue weighted by molar-refractivity contribution is 6.31. The quantitative estimate of drug-likeness (QED) is 0.744. The molecule has 0 radical (unpaired) electrons. The number of benzene rings is 2. The molecule has 2 rings (SSSR count). The summed E-state index contributed by atoms with van der Waals surface area (Å²) in [7, 11) is 0. The molecular formula is C18H19ClN2O3. The third kappa shape index (κ3) is 4.73. The molecule has 2 aromatic rings. The standard InChI is InChI=1S/C18H19ClN2O3/c1-11-3-4-13(12(2)9-11)5-8-17(23)20-21-18(24)15-10-14(19)6-7-16(15)22/h3-4,6-7,9-10,22H,5,8H2,1-2H3,(H,20,23)(H,21,24). The number of carbonyl (C=O) groups excluding carboxylic acids is 2. The van der Waals surface area contributed by atoms with Gasteiger partial charge in [-0.1, -0.05) is 35.4 Å². The largest absolute Gasteiger partial charge is 0.507 e. The molecule has 0 atom stereocenters. The molecule has 0 heterocycles. The number of carbonyl (C=O) groups is 2. The summed E-state index contributed by atoms with van der Waals surface area (Å²) in [6, 6.07) is 10.2. The number of nitrogens with one attached hydrogen (secondary N) is 2. The van der Waals surface area contributed by atoms with Crippen LogP contribution in [-0.4, -0.2) is 16.9 Å². The minimum Gasteiger partial charge on any atom is -0.507 e. The first-order valence-electron chi connectivity index (χ1n) is 7.50. The third-order valence-corrected chi connectivity index (χ3v) is 3.87. The van der Waals surface area contributed by atoms with Crippen LogP contribution in [0.3, 0.4) is 0 Å². The molecule has 5 nitrogen and oxygen atoms in total. The summed E-state index contributed by atoms with van der Waals surface area (Å²) in [4.78, 5) is 23.8. The van der Waals surface area contributed by atoms with E-state index in [0.29, 0.717) is 11.4 Å². The van der Waals surface area contributed by atoms with Crippen LogP contribution in [-0.2, 0) is 11.2 Å². The Kier molecular flexibility index (Phi) is 5.82. The Morgan fingerprint density at radius 1 is 1.08 bits per heavy atom. The van der Waals surface area contributed by atoms with Gasteiger partial charge < -0.3 is 5.11 Å². The van der Waals surface area contributed by atoms with Crippen LogP contribution in [0.15, 0.2) is 36.4 Å². The van der Waals surface area contributed by atoms with Crippen molar-refractivity contribution in [2.45, 2.75) is 26.7 Å². The van der Waals surface area contributed by atoms with E-state index >= 15 is 0 Å². The average molecular weight is 347 g/mol. The number of aromatic hydroxyl groups is 1. The first-order valence-corrected chi connectivity index (χ1v) is 7.88. The van der Waals surface area contributed by atoms with Gasteiger partial charge in [-0.05, 0) is 49.6 Å². The van der Waals surface area contributed by atoms with Gasteiger partial charge in [-0.15, -0.1) is 0 Å². The Hall–Kier alpha value is -2.53. The summed E-state index contributed by atoms with van der Waals surface area (Å²) in [6.45, 7) is 4.02. The number of aryl methyl sites for hydroxylation is 3. The van der Waals surface area contributed by atoms with E-state index in [-0.39, 0.29) is 23.6 Å². The van der Waals surface area contributed by atoms with Crippen LogP contribution in [0, 0.1) is 13.8 Å². The highest BCUT2D eigenvalue weighted by Gasteiger charge is 2.12. The lowest BCUT2D eigenvalue weighted by molar-refractivity contribution is -0.121. The van der Waals surface area contributed by atoms with E-state index < -0.39 is 5.91 Å². The molecule has 0 aromatic heterocycles. The van der Waals surface area contributed by atoms with Gasteiger partial charge in [0.1, 0.15) is 5.75 Å². The Bertz CT molecular complexity index is 775.